The SMILES string of the molecule is Fc1c(F)c(F)c(C[c-]2cccc2)c(F)c1F.Fc1c(F)c(F)c(C[c-]2cccc2)c(F)c1F.[Fe]. The summed E-state index contributed by atoms with van der Waals surface area (Å²) in [6.07, 6.45) is -0.669. The van der Waals surface area contributed by atoms with Gasteiger partial charge in [-0.2, -0.15) is 35.4 Å². The molecule has 0 aliphatic heterocycles. The molecule has 0 saturated carbocycles. The summed E-state index contributed by atoms with van der Waals surface area (Å²) in [5, 5.41) is 0. The minimum Gasteiger partial charge on any atom is -0.213 e. The Hall–Kier alpha value is -3.04. The maximum Gasteiger partial charge on any atom is 0.200 e. The number of benzene rings is 2. The van der Waals surface area contributed by atoms with Crippen LogP contribution in [0.1, 0.15) is 22.3 Å². The molecule has 0 bridgehead atoms. The third kappa shape index (κ3) is 5.79. The maximum absolute atomic E-state index is 13.3. The fourth-order valence-electron chi connectivity index (χ4n) is 3.08. The van der Waals surface area contributed by atoms with Crippen LogP contribution in [0.2, 0.25) is 0 Å². The summed E-state index contributed by atoms with van der Waals surface area (Å²) in [6, 6.07) is 12.6. The van der Waals surface area contributed by atoms with E-state index in [0.29, 0.717) is 11.1 Å². The van der Waals surface area contributed by atoms with Crippen molar-refractivity contribution >= 4 is 0 Å². The second kappa shape index (κ2) is 11.6. The van der Waals surface area contributed by atoms with E-state index in [2.05, 4.69) is 0 Å². The average molecular weight is 546 g/mol. The molecule has 4 aromatic rings. The van der Waals surface area contributed by atoms with Crippen LogP contribution in [0.3, 0.4) is 0 Å². The Morgan fingerprint density at radius 3 is 0.800 bits per heavy atom. The number of halogens is 10. The van der Waals surface area contributed by atoms with Crippen LogP contribution >= 0.6 is 0 Å². The summed E-state index contributed by atoms with van der Waals surface area (Å²) in [5.41, 5.74) is -0.665. The zero-order valence-electron chi connectivity index (χ0n) is 17.2. The topological polar surface area (TPSA) is 0 Å². The first kappa shape index (κ1) is 28.2. The normalized spacial score (nSPS) is 10.6. The minimum atomic E-state index is -2.13. The van der Waals surface area contributed by atoms with Gasteiger partial charge in [0, 0.05) is 28.2 Å². The van der Waals surface area contributed by atoms with E-state index in [9.17, 15) is 43.9 Å². The van der Waals surface area contributed by atoms with E-state index in [1.54, 1.807) is 24.3 Å². The van der Waals surface area contributed by atoms with Gasteiger partial charge in [0.05, 0.1) is 0 Å². The van der Waals surface area contributed by atoms with Gasteiger partial charge in [-0.1, -0.05) is 0 Å². The van der Waals surface area contributed by atoms with Crippen LogP contribution in [-0.4, -0.2) is 0 Å². The van der Waals surface area contributed by atoms with Crippen LogP contribution in [-0.2, 0) is 29.9 Å². The average Bonchev–Trinajstić information content (AvgIpc) is 3.54. The molecule has 4 aromatic carbocycles. The zero-order valence-corrected chi connectivity index (χ0v) is 18.3. The zero-order chi connectivity index (χ0) is 25.2. The molecule has 0 aromatic heterocycles. The molecule has 0 fully saturated rings. The van der Waals surface area contributed by atoms with Crippen molar-refractivity contribution < 1.29 is 61.0 Å². The number of hydrogen-bond donors (Lipinski definition) is 0. The molecule has 0 nitrogen and oxygen atoms in total. The fourth-order valence-corrected chi connectivity index (χ4v) is 3.08. The summed E-state index contributed by atoms with van der Waals surface area (Å²) in [6.45, 7) is 0. The third-order valence-electron chi connectivity index (χ3n) is 4.83. The maximum atomic E-state index is 13.3. The number of rotatable bonds is 4. The molecule has 0 aliphatic rings. The summed E-state index contributed by atoms with van der Waals surface area (Å²) < 4.78 is 130. The Morgan fingerprint density at radius 1 is 0.371 bits per heavy atom. The van der Waals surface area contributed by atoms with E-state index in [-0.39, 0.29) is 29.9 Å². The van der Waals surface area contributed by atoms with E-state index in [0.717, 1.165) is 0 Å². The van der Waals surface area contributed by atoms with E-state index in [1.165, 1.54) is 24.3 Å². The predicted octanol–water partition coefficient (Wildman–Crippen LogP) is 7.38. The summed E-state index contributed by atoms with van der Waals surface area (Å²) in [5.74, 6) is -19.0. The first-order valence-electron chi connectivity index (χ1n) is 9.46. The summed E-state index contributed by atoms with van der Waals surface area (Å²) >= 11 is 0. The molecule has 0 saturated heterocycles. The van der Waals surface area contributed by atoms with E-state index >= 15 is 0 Å². The molecule has 0 aliphatic carbocycles. The van der Waals surface area contributed by atoms with Gasteiger partial charge in [-0.3, -0.25) is 0 Å². The smallest absolute Gasteiger partial charge is 0.200 e. The Kier molecular flexibility index (Phi) is 9.34. The van der Waals surface area contributed by atoms with Crippen molar-refractivity contribution in [2.75, 3.05) is 0 Å². The van der Waals surface area contributed by atoms with Crippen LogP contribution < -0.4 is 0 Å². The van der Waals surface area contributed by atoms with Crippen molar-refractivity contribution in [3.8, 4) is 0 Å². The Labute approximate surface area is 203 Å². The van der Waals surface area contributed by atoms with Gasteiger partial charge in [-0.15, -0.1) is 0 Å². The van der Waals surface area contributed by atoms with Crippen LogP contribution in [0.25, 0.3) is 0 Å². The Bertz CT molecular complexity index is 1140. The van der Waals surface area contributed by atoms with Crippen molar-refractivity contribution in [1.29, 1.82) is 0 Å². The molecule has 11 heteroatoms. The van der Waals surface area contributed by atoms with Gasteiger partial charge < -0.3 is 0 Å². The second-order valence-corrected chi connectivity index (χ2v) is 7.04. The Morgan fingerprint density at radius 2 is 0.571 bits per heavy atom. The van der Waals surface area contributed by atoms with Gasteiger partial charge in [0.15, 0.2) is 46.5 Å². The first-order chi connectivity index (χ1) is 16.0. The Balaban J connectivity index is 0.000000240. The molecular weight excluding hydrogens is 534 g/mol. The molecular formula is C24H12F10Fe-2. The van der Waals surface area contributed by atoms with E-state index in [1.807, 2.05) is 0 Å². The molecule has 0 N–H and O–H groups in total. The van der Waals surface area contributed by atoms with Gasteiger partial charge in [0.25, 0.3) is 0 Å². The quantitative estimate of drug-likeness (QED) is 0.0825. The van der Waals surface area contributed by atoms with Gasteiger partial charge >= 0.3 is 0 Å². The molecule has 0 radical (unpaired) electrons. The van der Waals surface area contributed by atoms with Crippen LogP contribution in [0, 0.1) is 58.2 Å². The first-order valence-corrected chi connectivity index (χ1v) is 9.46. The van der Waals surface area contributed by atoms with Crippen LogP contribution in [0.15, 0.2) is 48.5 Å². The standard InChI is InChI=1S/2C12H6F5.Fe/c2*13-8-7(5-6-3-1-2-4-6)9(14)11(16)12(17)10(8)15;/h2*1-4H,5H2;/q2*-1;. The van der Waals surface area contributed by atoms with Crippen molar-refractivity contribution in [1.82, 2.24) is 0 Å². The molecule has 4 rings (SSSR count). The summed E-state index contributed by atoms with van der Waals surface area (Å²) in [7, 11) is 0. The number of hydrogen-bond acceptors (Lipinski definition) is 0. The van der Waals surface area contributed by atoms with Gasteiger partial charge in [-0.05, 0) is 12.8 Å². The van der Waals surface area contributed by atoms with E-state index in [4.69, 9.17) is 0 Å². The molecule has 0 atom stereocenters. The molecule has 188 valence electrons. The predicted molar refractivity (Wildman–Crippen MR) is 102 cm³/mol. The third-order valence-corrected chi connectivity index (χ3v) is 4.83. The molecule has 0 spiro atoms. The summed E-state index contributed by atoms with van der Waals surface area (Å²) in [4.78, 5) is 0. The largest absolute Gasteiger partial charge is 0.213 e. The van der Waals surface area contributed by atoms with Crippen molar-refractivity contribution in [2.24, 2.45) is 0 Å². The van der Waals surface area contributed by atoms with Crippen molar-refractivity contribution in [3.63, 3.8) is 0 Å². The van der Waals surface area contributed by atoms with Crippen LogP contribution in [0.5, 0.6) is 0 Å². The molecule has 0 amide bonds. The minimum absolute atomic E-state index is 0. The molecule has 0 unspecified atom stereocenters. The second-order valence-electron chi connectivity index (χ2n) is 7.04. The monoisotopic (exact) mass is 546 g/mol. The van der Waals surface area contributed by atoms with Gasteiger partial charge in [0.1, 0.15) is 0 Å². The van der Waals surface area contributed by atoms with Gasteiger partial charge in [-0.25, -0.2) is 68.2 Å². The van der Waals surface area contributed by atoms with Gasteiger partial charge in [0.2, 0.25) is 11.6 Å². The van der Waals surface area contributed by atoms with Crippen molar-refractivity contribution in [2.45, 2.75) is 12.8 Å². The van der Waals surface area contributed by atoms with Crippen molar-refractivity contribution in [3.05, 3.63) is 129 Å². The van der Waals surface area contributed by atoms with Crippen LogP contribution in [0.4, 0.5) is 43.9 Å². The molecule has 0 heterocycles. The molecule has 35 heavy (non-hydrogen) atoms. The fraction of sp³-hybridized carbons (Fsp3) is 0.0833. The van der Waals surface area contributed by atoms with E-state index < -0.39 is 69.3 Å².